The minimum Gasteiger partial charge on any atom is -0.368 e. The third-order valence-corrected chi connectivity index (χ3v) is 4.33. The van der Waals surface area contributed by atoms with Crippen molar-refractivity contribution >= 4 is 23.1 Å². The summed E-state index contributed by atoms with van der Waals surface area (Å²) in [6.07, 6.45) is 0.747. The number of rotatable bonds is 3. The predicted molar refractivity (Wildman–Crippen MR) is 84.2 cm³/mol. The van der Waals surface area contributed by atoms with Gasteiger partial charge in [0, 0.05) is 12.5 Å². The van der Waals surface area contributed by atoms with Crippen LogP contribution in [0.15, 0.2) is 18.2 Å². The largest absolute Gasteiger partial charge is 0.368 e. The number of ether oxygens (including phenoxy) is 1. The smallest absolute Gasteiger partial charge is 0.288 e. The van der Waals surface area contributed by atoms with Gasteiger partial charge in [-0.2, -0.15) is 0 Å². The normalized spacial score (nSPS) is 23.3. The molecule has 1 heterocycles. The molecule has 0 aromatic heterocycles. The van der Waals surface area contributed by atoms with Gasteiger partial charge in [-0.3, -0.25) is 14.9 Å². The molecule has 0 saturated carbocycles. The van der Waals surface area contributed by atoms with Crippen molar-refractivity contribution in [3.8, 4) is 0 Å². The van der Waals surface area contributed by atoms with Crippen molar-refractivity contribution in [2.45, 2.75) is 51.7 Å². The van der Waals surface area contributed by atoms with Crippen LogP contribution in [0.4, 0.5) is 5.69 Å². The van der Waals surface area contributed by atoms with Crippen LogP contribution in [0.1, 0.15) is 39.7 Å². The number of nitro benzene ring substituents is 1. The number of carbonyl (C=O) groups is 1. The predicted octanol–water partition coefficient (Wildman–Crippen LogP) is 3.95. The van der Waals surface area contributed by atoms with E-state index in [1.165, 1.54) is 12.1 Å². The zero-order valence-corrected chi connectivity index (χ0v) is 13.9. The standard InChI is InChI=1S/C16H20ClNO4/c1-15(2)9-14(19)11(16(3,4)22-15)7-10-5-6-12(17)13(8-10)18(20)21/h5-6,8,11H,7,9H2,1-4H3/t11-/m0/s1. The van der Waals surface area contributed by atoms with Crippen LogP contribution in [-0.2, 0) is 16.0 Å². The van der Waals surface area contributed by atoms with Crippen molar-refractivity contribution < 1.29 is 14.5 Å². The van der Waals surface area contributed by atoms with Crippen LogP contribution in [0.3, 0.4) is 0 Å². The lowest BCUT2D eigenvalue weighted by Gasteiger charge is -2.45. The maximum atomic E-state index is 12.5. The van der Waals surface area contributed by atoms with E-state index in [0.29, 0.717) is 18.4 Å². The quantitative estimate of drug-likeness (QED) is 0.623. The minimum absolute atomic E-state index is 0.0976. The number of halogens is 1. The second-order valence-corrected chi connectivity index (χ2v) is 7.32. The van der Waals surface area contributed by atoms with E-state index in [-0.39, 0.29) is 22.4 Å². The van der Waals surface area contributed by atoms with E-state index >= 15 is 0 Å². The Bertz CT molecular complexity index is 625. The third kappa shape index (κ3) is 3.47. The van der Waals surface area contributed by atoms with Gasteiger partial charge < -0.3 is 4.74 Å². The van der Waals surface area contributed by atoms with Crippen molar-refractivity contribution in [1.82, 2.24) is 0 Å². The van der Waals surface area contributed by atoms with E-state index in [2.05, 4.69) is 0 Å². The number of ketones is 1. The van der Waals surface area contributed by atoms with Gasteiger partial charge in [0.25, 0.3) is 5.69 Å². The first-order chi connectivity index (χ1) is 10.0. The van der Waals surface area contributed by atoms with Crippen LogP contribution in [0, 0.1) is 16.0 Å². The Labute approximate surface area is 134 Å². The molecule has 0 amide bonds. The number of carbonyl (C=O) groups excluding carboxylic acids is 1. The average molecular weight is 326 g/mol. The summed E-state index contributed by atoms with van der Waals surface area (Å²) in [5, 5.41) is 11.1. The zero-order valence-electron chi connectivity index (χ0n) is 13.2. The molecule has 1 aliphatic rings. The van der Waals surface area contributed by atoms with Crippen molar-refractivity contribution in [1.29, 1.82) is 0 Å². The second kappa shape index (κ2) is 5.63. The van der Waals surface area contributed by atoms with Crippen LogP contribution in [0.5, 0.6) is 0 Å². The number of Topliss-reactive ketones (excluding diaryl/α,β-unsaturated/α-hetero) is 1. The molecule has 0 bridgehead atoms. The molecule has 5 nitrogen and oxygen atoms in total. The van der Waals surface area contributed by atoms with E-state index in [1.54, 1.807) is 6.07 Å². The lowest BCUT2D eigenvalue weighted by Crippen LogP contribution is -2.53. The Balaban J connectivity index is 2.28. The molecule has 1 atom stereocenters. The molecule has 1 saturated heterocycles. The van der Waals surface area contributed by atoms with Crippen molar-refractivity contribution in [2.24, 2.45) is 5.92 Å². The van der Waals surface area contributed by atoms with Crippen molar-refractivity contribution in [3.63, 3.8) is 0 Å². The molecule has 0 spiro atoms. The van der Waals surface area contributed by atoms with E-state index in [0.717, 1.165) is 0 Å². The molecular formula is C16H20ClNO4. The highest BCUT2D eigenvalue weighted by Crippen LogP contribution is 2.39. The van der Waals surface area contributed by atoms with E-state index in [9.17, 15) is 14.9 Å². The zero-order chi connectivity index (χ0) is 16.7. The highest BCUT2D eigenvalue weighted by atomic mass is 35.5. The number of nitro groups is 1. The summed E-state index contributed by atoms with van der Waals surface area (Å²) >= 11 is 5.82. The maximum absolute atomic E-state index is 12.5. The molecule has 1 fully saturated rings. The van der Waals surface area contributed by atoms with Gasteiger partial charge in [-0.25, -0.2) is 0 Å². The summed E-state index contributed by atoms with van der Waals surface area (Å²) < 4.78 is 6.04. The minimum atomic E-state index is -0.618. The van der Waals surface area contributed by atoms with Gasteiger partial charge in [0.1, 0.15) is 10.8 Å². The molecule has 22 heavy (non-hydrogen) atoms. The lowest BCUT2D eigenvalue weighted by molar-refractivity contribution is -0.384. The third-order valence-electron chi connectivity index (χ3n) is 4.01. The Hall–Kier alpha value is -1.46. The molecule has 1 aliphatic heterocycles. The lowest BCUT2D eigenvalue weighted by atomic mass is 9.75. The van der Waals surface area contributed by atoms with Gasteiger partial charge in [-0.15, -0.1) is 0 Å². The summed E-state index contributed by atoms with van der Waals surface area (Å²) in [6, 6.07) is 4.66. The Morgan fingerprint density at radius 2 is 2.00 bits per heavy atom. The molecule has 0 radical (unpaired) electrons. The van der Waals surface area contributed by atoms with Crippen LogP contribution in [-0.4, -0.2) is 21.9 Å². The number of nitrogens with zero attached hydrogens (tertiary/aromatic N) is 1. The van der Waals surface area contributed by atoms with Crippen molar-refractivity contribution in [2.75, 3.05) is 0 Å². The Morgan fingerprint density at radius 1 is 1.36 bits per heavy atom. The summed E-state index contributed by atoms with van der Waals surface area (Å²) in [6.45, 7) is 7.58. The average Bonchev–Trinajstić information content (AvgIpc) is 2.33. The molecule has 6 heteroatoms. The fraction of sp³-hybridized carbons (Fsp3) is 0.562. The molecule has 0 aliphatic carbocycles. The van der Waals surface area contributed by atoms with E-state index < -0.39 is 16.1 Å². The monoisotopic (exact) mass is 325 g/mol. The van der Waals surface area contributed by atoms with Gasteiger partial charge in [0.05, 0.1) is 22.0 Å². The summed E-state index contributed by atoms with van der Waals surface area (Å²) in [5.41, 5.74) is -0.525. The number of hydrogen-bond acceptors (Lipinski definition) is 4. The molecule has 0 N–H and O–H groups in total. The van der Waals surface area contributed by atoms with Gasteiger partial charge in [-0.05, 0) is 45.7 Å². The Kier molecular flexibility index (Phi) is 4.33. The van der Waals surface area contributed by atoms with Crippen LogP contribution in [0.25, 0.3) is 0 Å². The molecular weight excluding hydrogens is 306 g/mol. The second-order valence-electron chi connectivity index (χ2n) is 6.91. The summed E-state index contributed by atoms with van der Waals surface area (Å²) in [4.78, 5) is 22.9. The fourth-order valence-corrected chi connectivity index (χ4v) is 3.36. The van der Waals surface area contributed by atoms with E-state index in [4.69, 9.17) is 16.3 Å². The van der Waals surface area contributed by atoms with Gasteiger partial charge in [-0.1, -0.05) is 17.7 Å². The van der Waals surface area contributed by atoms with Crippen LogP contribution in [0.2, 0.25) is 5.02 Å². The SMILES string of the molecule is CC1(C)CC(=O)[C@H](Cc2ccc(Cl)c([N+](=O)[O-])c2)C(C)(C)O1. The van der Waals surface area contributed by atoms with Gasteiger partial charge in [0.2, 0.25) is 0 Å². The first-order valence-electron chi connectivity index (χ1n) is 7.17. The van der Waals surface area contributed by atoms with Gasteiger partial charge in [0.15, 0.2) is 0 Å². The topological polar surface area (TPSA) is 69.4 Å². The summed E-state index contributed by atoms with van der Waals surface area (Å²) in [7, 11) is 0. The van der Waals surface area contributed by atoms with Crippen LogP contribution < -0.4 is 0 Å². The molecule has 1 aromatic carbocycles. The number of benzene rings is 1. The van der Waals surface area contributed by atoms with E-state index in [1.807, 2.05) is 27.7 Å². The fourth-order valence-electron chi connectivity index (χ4n) is 3.17. The van der Waals surface area contributed by atoms with Crippen molar-refractivity contribution in [3.05, 3.63) is 38.9 Å². The molecule has 2 rings (SSSR count). The van der Waals surface area contributed by atoms with Gasteiger partial charge >= 0.3 is 0 Å². The Morgan fingerprint density at radius 3 is 2.55 bits per heavy atom. The van der Waals surface area contributed by atoms with Crippen LogP contribution >= 0.6 is 11.6 Å². The maximum Gasteiger partial charge on any atom is 0.288 e. The first-order valence-corrected chi connectivity index (χ1v) is 7.55. The first kappa shape index (κ1) is 16.9. The molecule has 120 valence electrons. The number of hydrogen-bond donors (Lipinski definition) is 0. The summed E-state index contributed by atoms with van der Waals surface area (Å²) in [5.74, 6) is -0.208. The molecule has 1 aromatic rings. The highest BCUT2D eigenvalue weighted by Gasteiger charge is 2.46. The molecule has 0 unspecified atom stereocenters. The highest BCUT2D eigenvalue weighted by molar-refractivity contribution is 6.32.